The van der Waals surface area contributed by atoms with Crippen molar-refractivity contribution in [1.29, 1.82) is 0 Å². The van der Waals surface area contributed by atoms with Gasteiger partial charge in [-0.05, 0) is 31.7 Å². The van der Waals surface area contributed by atoms with Crippen LogP contribution in [0.25, 0.3) is 0 Å². The topological polar surface area (TPSA) is 60.7 Å². The summed E-state index contributed by atoms with van der Waals surface area (Å²) in [4.78, 5) is 28.9. The van der Waals surface area contributed by atoms with E-state index in [4.69, 9.17) is 14.7 Å². The summed E-state index contributed by atoms with van der Waals surface area (Å²) in [5.74, 6) is 1.30. The van der Waals surface area contributed by atoms with Gasteiger partial charge in [0.25, 0.3) is 0 Å². The van der Waals surface area contributed by atoms with Crippen LogP contribution in [0.15, 0.2) is 32.9 Å². The summed E-state index contributed by atoms with van der Waals surface area (Å²) in [5, 5.41) is 0. The first-order chi connectivity index (χ1) is 13.4. The van der Waals surface area contributed by atoms with Gasteiger partial charge in [-0.1, -0.05) is 13.8 Å². The van der Waals surface area contributed by atoms with E-state index >= 15 is 0 Å². The molecule has 0 N–H and O–H groups in total. The van der Waals surface area contributed by atoms with Gasteiger partial charge in [0.2, 0.25) is 5.91 Å². The van der Waals surface area contributed by atoms with Crippen molar-refractivity contribution in [2.75, 3.05) is 60.5 Å². The molecule has 1 fully saturated rings. The van der Waals surface area contributed by atoms with Gasteiger partial charge in [-0.2, -0.15) is 0 Å². The van der Waals surface area contributed by atoms with E-state index in [0.29, 0.717) is 13.0 Å². The summed E-state index contributed by atoms with van der Waals surface area (Å²) in [6.45, 7) is 9.01. The van der Waals surface area contributed by atoms with Crippen LogP contribution < -0.4 is 0 Å². The third-order valence-corrected chi connectivity index (χ3v) is 5.42. The number of carbonyl (C=O) groups excluding carboxylic acids is 1. The van der Waals surface area contributed by atoms with Crippen LogP contribution in [0.3, 0.4) is 0 Å². The summed E-state index contributed by atoms with van der Waals surface area (Å²) in [7, 11) is 5.91. The van der Waals surface area contributed by atoms with Crippen LogP contribution in [-0.4, -0.2) is 99.2 Å². The second kappa shape index (κ2) is 9.01. The van der Waals surface area contributed by atoms with Gasteiger partial charge in [0.05, 0.1) is 31.2 Å². The number of nitrogens with zero attached hydrogens (tertiary/aromatic N) is 5. The third kappa shape index (κ3) is 4.70. The molecule has 2 heterocycles. The van der Waals surface area contributed by atoms with Gasteiger partial charge in [0.1, 0.15) is 5.84 Å². The average Bonchev–Trinajstić information content (AvgIpc) is 2.70. The molecule has 0 spiro atoms. The number of fused-ring (bicyclic) bond motifs is 1. The maximum absolute atomic E-state index is 13.0. The van der Waals surface area contributed by atoms with Gasteiger partial charge in [-0.25, -0.2) is 4.99 Å². The number of hydrogen-bond donors (Lipinski definition) is 0. The Balaban J connectivity index is 1.84. The maximum Gasteiger partial charge on any atom is 0.249 e. The molecule has 1 saturated heterocycles. The lowest BCUT2D eigenvalue weighted by atomic mass is 9.86. The molecule has 0 radical (unpaired) electrons. The Morgan fingerprint density at radius 2 is 1.96 bits per heavy atom. The zero-order valence-corrected chi connectivity index (χ0v) is 17.8. The van der Waals surface area contributed by atoms with Crippen molar-refractivity contribution in [3.05, 3.63) is 22.9 Å². The first kappa shape index (κ1) is 20.7. The molecule has 0 saturated carbocycles. The van der Waals surface area contributed by atoms with Crippen molar-refractivity contribution in [3.63, 3.8) is 0 Å². The van der Waals surface area contributed by atoms with E-state index in [0.717, 1.165) is 55.5 Å². The van der Waals surface area contributed by atoms with Crippen molar-refractivity contribution < 1.29 is 9.53 Å². The van der Waals surface area contributed by atoms with Crippen LogP contribution in [-0.2, 0) is 9.53 Å². The number of carbonyl (C=O) groups is 1. The highest BCUT2D eigenvalue weighted by molar-refractivity contribution is 6.30. The Kier molecular flexibility index (Phi) is 6.67. The number of rotatable bonds is 5. The SMILES string of the molecule is CC(C)C1=C2N=C(N3CCOCC3)C=NC2CC(C(=O)N(C)CCN(C)C)=C1. The van der Waals surface area contributed by atoms with Crippen molar-refractivity contribution in [3.8, 4) is 0 Å². The summed E-state index contributed by atoms with van der Waals surface area (Å²) in [6.07, 6.45) is 4.56. The normalized spacial score (nSPS) is 22.4. The number of amidine groups is 1. The molecular weight excluding hydrogens is 354 g/mol. The fourth-order valence-corrected chi connectivity index (χ4v) is 3.64. The molecule has 0 aromatic heterocycles. The van der Waals surface area contributed by atoms with Crippen molar-refractivity contribution >= 4 is 18.0 Å². The quantitative estimate of drug-likeness (QED) is 0.716. The van der Waals surface area contributed by atoms with Crippen LogP contribution in [0.1, 0.15) is 20.3 Å². The highest BCUT2D eigenvalue weighted by Gasteiger charge is 2.31. The number of morpholine rings is 1. The highest BCUT2D eigenvalue weighted by Crippen LogP contribution is 2.34. The summed E-state index contributed by atoms with van der Waals surface area (Å²) >= 11 is 0. The standard InChI is InChI=1S/C21H33N5O2/c1-15(2)17-12-16(21(27)25(5)7-6-24(3)4)13-18-20(17)23-19(14-22-18)26-8-10-28-11-9-26/h12,14-15,18H,6-11,13H2,1-5H3. The largest absolute Gasteiger partial charge is 0.378 e. The predicted molar refractivity (Wildman–Crippen MR) is 113 cm³/mol. The van der Waals surface area contributed by atoms with E-state index in [1.54, 1.807) is 0 Å². The summed E-state index contributed by atoms with van der Waals surface area (Å²) < 4.78 is 5.45. The van der Waals surface area contributed by atoms with Crippen molar-refractivity contribution in [2.24, 2.45) is 15.9 Å². The molecule has 154 valence electrons. The van der Waals surface area contributed by atoms with Crippen LogP contribution in [0.5, 0.6) is 0 Å². The Morgan fingerprint density at radius 3 is 2.61 bits per heavy atom. The van der Waals surface area contributed by atoms with E-state index in [-0.39, 0.29) is 17.9 Å². The number of likely N-dealkylation sites (N-methyl/N-ethyl adjacent to an activating group) is 2. The molecule has 0 aromatic rings. The molecule has 3 rings (SSSR count). The molecule has 28 heavy (non-hydrogen) atoms. The zero-order chi connectivity index (χ0) is 20.3. The van der Waals surface area contributed by atoms with Crippen LogP contribution in [0.2, 0.25) is 0 Å². The van der Waals surface area contributed by atoms with Crippen LogP contribution in [0.4, 0.5) is 0 Å². The fourth-order valence-electron chi connectivity index (χ4n) is 3.64. The van der Waals surface area contributed by atoms with Gasteiger partial charge < -0.3 is 19.4 Å². The second-order valence-corrected chi connectivity index (χ2v) is 8.26. The van der Waals surface area contributed by atoms with E-state index < -0.39 is 0 Å². The zero-order valence-electron chi connectivity index (χ0n) is 17.8. The lowest BCUT2D eigenvalue weighted by Crippen LogP contribution is -2.43. The molecule has 3 aliphatic rings. The summed E-state index contributed by atoms with van der Waals surface area (Å²) in [5.41, 5.74) is 2.98. The van der Waals surface area contributed by atoms with E-state index in [1.165, 1.54) is 0 Å². The fraction of sp³-hybridized carbons (Fsp3) is 0.667. The number of allylic oxidation sites excluding steroid dienone is 2. The number of amides is 1. The average molecular weight is 388 g/mol. The van der Waals surface area contributed by atoms with Gasteiger partial charge >= 0.3 is 0 Å². The van der Waals surface area contributed by atoms with Gasteiger partial charge in [-0.15, -0.1) is 0 Å². The first-order valence-electron chi connectivity index (χ1n) is 10.2. The Bertz CT molecular complexity index is 714. The van der Waals surface area contributed by atoms with E-state index in [1.807, 2.05) is 32.3 Å². The van der Waals surface area contributed by atoms with Gasteiger partial charge in [0.15, 0.2) is 0 Å². The first-order valence-corrected chi connectivity index (χ1v) is 10.2. The molecule has 1 unspecified atom stereocenters. The maximum atomic E-state index is 13.0. The number of aliphatic imine (C=N–C) groups is 2. The minimum absolute atomic E-state index is 0.0617. The number of hydrogen-bond acceptors (Lipinski definition) is 6. The lowest BCUT2D eigenvalue weighted by molar-refractivity contribution is -0.126. The van der Waals surface area contributed by atoms with Crippen molar-refractivity contribution in [2.45, 2.75) is 26.3 Å². The minimum Gasteiger partial charge on any atom is -0.378 e. The Hall–Kier alpha value is -1.99. The molecule has 1 amide bonds. The highest BCUT2D eigenvalue weighted by atomic mass is 16.5. The van der Waals surface area contributed by atoms with Gasteiger partial charge in [-0.3, -0.25) is 9.79 Å². The van der Waals surface area contributed by atoms with Crippen LogP contribution >= 0.6 is 0 Å². The third-order valence-electron chi connectivity index (χ3n) is 5.42. The Morgan fingerprint density at radius 1 is 1.25 bits per heavy atom. The minimum atomic E-state index is -0.0617. The molecular formula is C21H33N5O2. The summed E-state index contributed by atoms with van der Waals surface area (Å²) in [6, 6.07) is -0.0617. The second-order valence-electron chi connectivity index (χ2n) is 8.26. The molecule has 2 aliphatic heterocycles. The van der Waals surface area contributed by atoms with E-state index in [9.17, 15) is 4.79 Å². The van der Waals surface area contributed by atoms with Gasteiger partial charge in [0, 0.05) is 45.2 Å². The molecule has 7 nitrogen and oxygen atoms in total. The van der Waals surface area contributed by atoms with E-state index in [2.05, 4.69) is 29.7 Å². The molecule has 0 bridgehead atoms. The van der Waals surface area contributed by atoms with Crippen LogP contribution in [0, 0.1) is 5.92 Å². The predicted octanol–water partition coefficient (Wildman–Crippen LogP) is 1.43. The smallest absolute Gasteiger partial charge is 0.249 e. The molecule has 1 aliphatic carbocycles. The Labute approximate surface area is 168 Å². The molecule has 1 atom stereocenters. The lowest BCUT2D eigenvalue weighted by Gasteiger charge is -2.33. The monoisotopic (exact) mass is 387 g/mol. The number of ether oxygens (including phenoxy) is 1. The molecule has 7 heteroatoms. The molecule has 0 aromatic carbocycles. The van der Waals surface area contributed by atoms with Crippen molar-refractivity contribution in [1.82, 2.24) is 14.7 Å².